The number of ether oxygens (including phenoxy) is 1. The highest BCUT2D eigenvalue weighted by atomic mass is 16.5. The van der Waals surface area contributed by atoms with E-state index in [4.69, 9.17) is 4.74 Å². The Morgan fingerprint density at radius 1 is 1.07 bits per heavy atom. The molecule has 0 saturated heterocycles. The molecular formula is C23H30N3O3+. The lowest BCUT2D eigenvalue weighted by Crippen LogP contribution is -3.11. The third-order valence-electron chi connectivity index (χ3n) is 5.07. The van der Waals surface area contributed by atoms with Gasteiger partial charge in [-0.15, -0.1) is 0 Å². The molecule has 1 fully saturated rings. The van der Waals surface area contributed by atoms with Gasteiger partial charge in [-0.05, 0) is 49.6 Å². The van der Waals surface area contributed by atoms with Crippen LogP contribution < -0.4 is 15.0 Å². The molecule has 0 heterocycles. The van der Waals surface area contributed by atoms with Crippen molar-refractivity contribution < 1.29 is 19.2 Å². The van der Waals surface area contributed by atoms with Gasteiger partial charge in [0.2, 0.25) is 0 Å². The Hall–Kier alpha value is -2.86. The molecule has 3 rings (SSSR count). The van der Waals surface area contributed by atoms with Crippen molar-refractivity contribution in [2.45, 2.75) is 32.4 Å². The van der Waals surface area contributed by atoms with Gasteiger partial charge in [-0.2, -0.15) is 0 Å². The van der Waals surface area contributed by atoms with E-state index >= 15 is 0 Å². The molecule has 1 aliphatic rings. The van der Waals surface area contributed by atoms with Crippen LogP contribution in [0.15, 0.2) is 48.5 Å². The topological polar surface area (TPSA) is 63.1 Å². The molecular weight excluding hydrogens is 366 g/mol. The number of anilines is 1. The summed E-state index contributed by atoms with van der Waals surface area (Å²) in [6, 6.07) is 15.8. The number of nitrogens with one attached hydrogen (secondary N) is 2. The minimum Gasteiger partial charge on any atom is -0.497 e. The summed E-state index contributed by atoms with van der Waals surface area (Å²) < 4.78 is 5.20. The monoisotopic (exact) mass is 396 g/mol. The maximum atomic E-state index is 12.9. The van der Waals surface area contributed by atoms with Crippen LogP contribution in [0.25, 0.3) is 0 Å². The number of benzene rings is 2. The number of nitrogens with zero attached hydrogens (tertiary/aromatic N) is 1. The average molecular weight is 397 g/mol. The second-order valence-corrected chi connectivity index (χ2v) is 7.83. The molecule has 154 valence electrons. The number of amides is 2. The zero-order chi connectivity index (χ0) is 20.8. The molecule has 0 radical (unpaired) electrons. The van der Waals surface area contributed by atoms with E-state index in [0.29, 0.717) is 19.1 Å². The third-order valence-corrected chi connectivity index (χ3v) is 5.07. The molecule has 1 unspecified atom stereocenters. The highest BCUT2D eigenvalue weighted by Gasteiger charge is 2.33. The molecule has 1 saturated carbocycles. The predicted octanol–water partition coefficient (Wildman–Crippen LogP) is 1.65. The van der Waals surface area contributed by atoms with Crippen molar-refractivity contribution in [2.75, 3.05) is 32.6 Å². The average Bonchev–Trinajstić information content (AvgIpc) is 3.53. The summed E-state index contributed by atoms with van der Waals surface area (Å²) in [4.78, 5) is 28.0. The largest absolute Gasteiger partial charge is 0.497 e. The summed E-state index contributed by atoms with van der Waals surface area (Å²) in [6.07, 6.45) is 2.10. The summed E-state index contributed by atoms with van der Waals surface area (Å²) in [5, 5.41) is 2.89. The molecule has 1 atom stereocenters. The van der Waals surface area contributed by atoms with Gasteiger partial charge in [0.15, 0.2) is 13.1 Å². The molecule has 0 bridgehead atoms. The van der Waals surface area contributed by atoms with E-state index in [1.54, 1.807) is 7.11 Å². The predicted molar refractivity (Wildman–Crippen MR) is 113 cm³/mol. The van der Waals surface area contributed by atoms with E-state index in [-0.39, 0.29) is 18.4 Å². The van der Waals surface area contributed by atoms with Gasteiger partial charge >= 0.3 is 0 Å². The quantitative estimate of drug-likeness (QED) is 0.678. The number of hydrogen-bond donors (Lipinski definition) is 2. The van der Waals surface area contributed by atoms with Gasteiger partial charge in [-0.1, -0.05) is 29.8 Å². The number of carbonyl (C=O) groups is 2. The zero-order valence-electron chi connectivity index (χ0n) is 17.4. The van der Waals surface area contributed by atoms with Gasteiger partial charge in [0, 0.05) is 18.3 Å². The maximum absolute atomic E-state index is 12.9. The van der Waals surface area contributed by atoms with Crippen LogP contribution in [0.3, 0.4) is 0 Å². The van der Waals surface area contributed by atoms with Crippen molar-refractivity contribution in [1.82, 2.24) is 4.90 Å². The lowest BCUT2D eigenvalue weighted by atomic mass is 10.2. The highest BCUT2D eigenvalue weighted by Crippen LogP contribution is 2.28. The van der Waals surface area contributed by atoms with Crippen molar-refractivity contribution in [2.24, 2.45) is 0 Å². The summed E-state index contributed by atoms with van der Waals surface area (Å²) in [5.41, 5.74) is 3.01. The lowest BCUT2D eigenvalue weighted by molar-refractivity contribution is -0.862. The van der Waals surface area contributed by atoms with Crippen LogP contribution in [-0.4, -0.2) is 50.0 Å². The van der Waals surface area contributed by atoms with Gasteiger partial charge in [0.25, 0.3) is 11.8 Å². The Balaban J connectivity index is 1.52. The smallest absolute Gasteiger partial charge is 0.279 e. The SMILES string of the molecule is COc1ccc(CN(C(=O)C[NH+](C)CC(=O)Nc2ccc(C)cc2)C2CC2)cc1. The molecule has 1 aliphatic carbocycles. The van der Waals surface area contributed by atoms with Crippen molar-refractivity contribution >= 4 is 17.5 Å². The van der Waals surface area contributed by atoms with Crippen LogP contribution in [0.1, 0.15) is 24.0 Å². The van der Waals surface area contributed by atoms with Crippen molar-refractivity contribution in [3.8, 4) is 5.75 Å². The number of rotatable bonds is 9. The number of hydrogen-bond acceptors (Lipinski definition) is 3. The summed E-state index contributed by atoms with van der Waals surface area (Å²) in [6.45, 7) is 3.15. The molecule has 6 nitrogen and oxygen atoms in total. The van der Waals surface area contributed by atoms with Crippen molar-refractivity contribution in [3.05, 3.63) is 59.7 Å². The van der Waals surface area contributed by atoms with Crippen molar-refractivity contribution in [3.63, 3.8) is 0 Å². The van der Waals surface area contributed by atoms with E-state index in [1.807, 2.05) is 67.4 Å². The lowest BCUT2D eigenvalue weighted by Gasteiger charge is -2.24. The molecule has 2 aromatic rings. The van der Waals surface area contributed by atoms with E-state index in [9.17, 15) is 9.59 Å². The molecule has 2 amide bonds. The van der Waals surface area contributed by atoms with E-state index in [1.165, 1.54) is 0 Å². The summed E-state index contributed by atoms with van der Waals surface area (Å²) in [7, 11) is 3.52. The number of aryl methyl sites for hydroxylation is 1. The number of carbonyl (C=O) groups excluding carboxylic acids is 2. The molecule has 0 aromatic heterocycles. The number of quaternary nitrogens is 1. The second kappa shape index (κ2) is 9.56. The van der Waals surface area contributed by atoms with Gasteiger partial charge < -0.3 is 19.9 Å². The molecule has 2 aromatic carbocycles. The van der Waals surface area contributed by atoms with Crippen LogP contribution in [-0.2, 0) is 16.1 Å². The molecule has 0 spiro atoms. The van der Waals surface area contributed by atoms with E-state index in [2.05, 4.69) is 5.32 Å². The Labute approximate surface area is 172 Å². The minimum absolute atomic E-state index is 0.0870. The van der Waals surface area contributed by atoms with Gasteiger partial charge in [-0.3, -0.25) is 9.59 Å². The van der Waals surface area contributed by atoms with Gasteiger partial charge in [-0.25, -0.2) is 0 Å². The Morgan fingerprint density at radius 2 is 1.72 bits per heavy atom. The normalized spacial score (nSPS) is 14.2. The van der Waals surface area contributed by atoms with E-state index < -0.39 is 0 Å². The van der Waals surface area contributed by atoms with Crippen LogP contribution in [0.2, 0.25) is 0 Å². The van der Waals surface area contributed by atoms with Crippen LogP contribution >= 0.6 is 0 Å². The maximum Gasteiger partial charge on any atom is 0.279 e. The zero-order valence-corrected chi connectivity index (χ0v) is 17.4. The molecule has 29 heavy (non-hydrogen) atoms. The van der Waals surface area contributed by atoms with E-state index in [0.717, 1.165) is 40.3 Å². The first-order valence-electron chi connectivity index (χ1n) is 10.0. The first-order chi connectivity index (χ1) is 13.9. The van der Waals surface area contributed by atoms with Crippen molar-refractivity contribution in [1.29, 1.82) is 0 Å². The standard InChI is InChI=1S/C23H29N3O3/c1-17-4-8-19(9-5-17)24-22(27)15-25(2)16-23(28)26(20-10-11-20)14-18-6-12-21(29-3)13-7-18/h4-9,12-13,20H,10-11,14-16H2,1-3H3,(H,24,27)/p+1. The van der Waals surface area contributed by atoms with Crippen LogP contribution in [0.5, 0.6) is 5.75 Å². The fourth-order valence-electron chi connectivity index (χ4n) is 3.27. The number of likely N-dealkylation sites (N-methyl/N-ethyl adjacent to an activating group) is 1. The van der Waals surface area contributed by atoms with Crippen LogP contribution in [0.4, 0.5) is 5.69 Å². The van der Waals surface area contributed by atoms with Crippen LogP contribution in [0, 0.1) is 6.92 Å². The first kappa shape index (κ1) is 20.9. The van der Waals surface area contributed by atoms with Gasteiger partial charge in [0.05, 0.1) is 14.2 Å². The molecule has 6 heteroatoms. The molecule has 0 aliphatic heterocycles. The fourth-order valence-corrected chi connectivity index (χ4v) is 3.27. The summed E-state index contributed by atoms with van der Waals surface area (Å²) in [5.74, 6) is 0.804. The minimum atomic E-state index is -0.0905. The third kappa shape index (κ3) is 6.32. The Morgan fingerprint density at radius 3 is 2.31 bits per heavy atom. The Kier molecular flexibility index (Phi) is 6.88. The first-order valence-corrected chi connectivity index (χ1v) is 10.0. The second-order valence-electron chi connectivity index (χ2n) is 7.83. The van der Waals surface area contributed by atoms with Gasteiger partial charge in [0.1, 0.15) is 5.75 Å². The highest BCUT2D eigenvalue weighted by molar-refractivity contribution is 5.91. The summed E-state index contributed by atoms with van der Waals surface area (Å²) >= 11 is 0. The molecule has 2 N–H and O–H groups in total. The number of methoxy groups -OCH3 is 1. The fraction of sp³-hybridized carbons (Fsp3) is 0.391. The Bertz CT molecular complexity index is 829.